The summed E-state index contributed by atoms with van der Waals surface area (Å²) in [5.74, 6) is -4.65. The Hall–Kier alpha value is -7.10. The van der Waals surface area contributed by atoms with E-state index in [1.54, 1.807) is 53.7 Å². The topological polar surface area (TPSA) is 271 Å². The number of Topliss-reactive ketones (excluding diaryl/α,β-unsaturated/α-hetero) is 2. The van der Waals surface area contributed by atoms with Gasteiger partial charge in [0.2, 0.25) is 11.6 Å². The number of rotatable bonds is 7. The Balaban J connectivity index is 1.64. The van der Waals surface area contributed by atoms with Crippen LogP contribution in [0, 0.1) is 25.7 Å². The van der Waals surface area contributed by atoms with Crippen molar-refractivity contribution in [3.8, 4) is 22.6 Å². The maximum absolute atomic E-state index is 13.8. The first-order chi connectivity index (χ1) is 25.4. The standard InChI is InChI=1S/C38H36N6O10/c1-13(2)23-17-7-15(5)25(31(47)27(17)19(29(45)33(23)49)9-39-21-11-41-37(53)43-35(21)51)26-16(6)8-18-24(14(3)4)34(50)30(46)20(28(18)32(26)48)10-40-22-12-42-38(54)44-36(22)52/h7-14,39-40,47-50H,1-6H3,(H2,41,43,51,53)(H2,42,44,52,54)/b19-9+,20-10+. The van der Waals surface area contributed by atoms with E-state index in [0.29, 0.717) is 22.3 Å². The maximum Gasteiger partial charge on any atom is 0.325 e. The number of fused-ring (bicyclic) bond motifs is 2. The second kappa shape index (κ2) is 13.5. The van der Waals surface area contributed by atoms with Gasteiger partial charge in [0.1, 0.15) is 22.9 Å². The van der Waals surface area contributed by atoms with Gasteiger partial charge in [-0.25, -0.2) is 9.59 Å². The van der Waals surface area contributed by atoms with E-state index in [-0.39, 0.29) is 55.9 Å². The highest BCUT2D eigenvalue weighted by molar-refractivity contribution is 6.35. The van der Waals surface area contributed by atoms with E-state index < -0.39 is 68.9 Å². The van der Waals surface area contributed by atoms with E-state index in [2.05, 4.69) is 30.6 Å². The first kappa shape index (κ1) is 36.7. The number of hydrogen-bond acceptors (Lipinski definition) is 12. The van der Waals surface area contributed by atoms with Crippen molar-refractivity contribution in [3.63, 3.8) is 0 Å². The number of benzene rings is 2. The molecule has 0 saturated carbocycles. The second-order valence-corrected chi connectivity index (χ2v) is 13.5. The smallest absolute Gasteiger partial charge is 0.325 e. The molecular formula is C38H36N6O10. The number of nitrogens with one attached hydrogen (secondary N) is 6. The SMILES string of the molecule is Cc1cc2c(c(O)c1-c1c(C)cc3c(c1O)/C(=C\Nc1c[nH]c(=O)[nH]c1=O)C(=O)C(O)=C3C(C)C)/C(=C\Nc1c[nH]c(=O)[nH]c1=O)C(=O)C(O)=C2C(C)C. The molecule has 0 amide bonds. The Bertz CT molecular complexity index is 2510. The lowest BCUT2D eigenvalue weighted by Gasteiger charge is -2.29. The van der Waals surface area contributed by atoms with Crippen LogP contribution in [0.4, 0.5) is 11.4 Å². The van der Waals surface area contributed by atoms with Crippen LogP contribution in [0.5, 0.6) is 11.5 Å². The molecule has 0 saturated heterocycles. The number of aromatic nitrogens is 4. The second-order valence-electron chi connectivity index (χ2n) is 13.5. The van der Waals surface area contributed by atoms with Gasteiger partial charge in [-0.05, 0) is 47.9 Å². The minimum absolute atomic E-state index is 0.0295. The molecule has 2 aromatic carbocycles. The van der Waals surface area contributed by atoms with Crippen LogP contribution in [-0.2, 0) is 9.59 Å². The van der Waals surface area contributed by atoms with Gasteiger partial charge >= 0.3 is 11.4 Å². The summed E-state index contributed by atoms with van der Waals surface area (Å²) in [7, 11) is 0. The van der Waals surface area contributed by atoms with Crippen molar-refractivity contribution in [2.45, 2.75) is 41.5 Å². The summed E-state index contributed by atoms with van der Waals surface area (Å²) >= 11 is 0. The number of aliphatic hydroxyl groups is 2. The van der Waals surface area contributed by atoms with Crippen molar-refractivity contribution in [1.29, 1.82) is 0 Å². The number of anilines is 2. The molecule has 2 heterocycles. The lowest BCUT2D eigenvalue weighted by Crippen LogP contribution is -2.24. The van der Waals surface area contributed by atoms with Gasteiger partial charge in [0, 0.05) is 58.2 Å². The molecule has 2 aliphatic rings. The quantitative estimate of drug-likeness (QED) is 0.120. The number of aliphatic hydroxyl groups excluding tert-OH is 2. The molecule has 0 unspecified atom stereocenters. The number of aryl methyl sites for hydroxylation is 2. The minimum Gasteiger partial charge on any atom is -0.507 e. The molecule has 0 spiro atoms. The Kier molecular flexibility index (Phi) is 9.15. The van der Waals surface area contributed by atoms with Gasteiger partial charge in [-0.2, -0.15) is 0 Å². The summed E-state index contributed by atoms with van der Waals surface area (Å²) in [6.45, 7) is 10.3. The van der Waals surface area contributed by atoms with Gasteiger partial charge in [-0.3, -0.25) is 29.1 Å². The number of carbonyl (C=O) groups excluding carboxylic acids is 2. The van der Waals surface area contributed by atoms with Gasteiger partial charge < -0.3 is 41.0 Å². The predicted molar refractivity (Wildman–Crippen MR) is 202 cm³/mol. The van der Waals surface area contributed by atoms with E-state index in [0.717, 1.165) is 24.8 Å². The molecular weight excluding hydrogens is 700 g/mol. The molecule has 54 heavy (non-hydrogen) atoms. The number of phenols is 2. The van der Waals surface area contributed by atoms with Crippen molar-refractivity contribution >= 4 is 45.2 Å². The zero-order chi connectivity index (χ0) is 39.5. The van der Waals surface area contributed by atoms with Crippen molar-refractivity contribution < 1.29 is 30.0 Å². The van der Waals surface area contributed by atoms with Crippen molar-refractivity contribution in [3.05, 3.63) is 124 Å². The zero-order valence-corrected chi connectivity index (χ0v) is 29.9. The molecule has 4 aromatic rings. The molecule has 0 fully saturated rings. The Morgan fingerprint density at radius 3 is 1.24 bits per heavy atom. The molecule has 0 bridgehead atoms. The van der Waals surface area contributed by atoms with Crippen LogP contribution in [-0.4, -0.2) is 51.9 Å². The molecule has 2 aliphatic carbocycles. The van der Waals surface area contributed by atoms with E-state index >= 15 is 0 Å². The summed E-state index contributed by atoms with van der Waals surface area (Å²) in [5.41, 5.74) is -1.93. The van der Waals surface area contributed by atoms with Gasteiger partial charge in [0.15, 0.2) is 11.5 Å². The number of aromatic amines is 4. The number of carbonyl (C=O) groups is 2. The number of allylic oxidation sites excluding steroid dienone is 4. The molecule has 10 N–H and O–H groups in total. The van der Waals surface area contributed by atoms with Crippen molar-refractivity contribution in [2.75, 3.05) is 10.6 Å². The predicted octanol–water partition coefficient (Wildman–Crippen LogP) is 4.06. The lowest BCUT2D eigenvalue weighted by molar-refractivity contribution is -0.113. The highest BCUT2D eigenvalue weighted by atomic mass is 16.3. The Labute approximate surface area is 305 Å². The number of phenolic OH excluding ortho intramolecular Hbond substituents is 2. The third-order valence-corrected chi connectivity index (χ3v) is 9.33. The number of H-pyrrole nitrogens is 4. The molecule has 0 radical (unpaired) electrons. The molecule has 16 heteroatoms. The van der Waals surface area contributed by atoms with Gasteiger partial charge in [-0.15, -0.1) is 0 Å². The van der Waals surface area contributed by atoms with Gasteiger partial charge in [0.05, 0.1) is 11.1 Å². The molecule has 278 valence electrons. The van der Waals surface area contributed by atoms with Crippen molar-refractivity contribution in [2.24, 2.45) is 11.8 Å². The first-order valence-electron chi connectivity index (χ1n) is 16.7. The normalized spacial score (nSPS) is 15.8. The van der Waals surface area contributed by atoms with Crippen LogP contribution < -0.4 is 33.1 Å². The molecule has 16 nitrogen and oxygen atoms in total. The fourth-order valence-corrected chi connectivity index (χ4v) is 6.96. The van der Waals surface area contributed by atoms with E-state index in [1.807, 2.05) is 0 Å². The summed E-state index contributed by atoms with van der Waals surface area (Å²) < 4.78 is 0. The van der Waals surface area contributed by atoms with E-state index in [4.69, 9.17) is 0 Å². The molecule has 0 aliphatic heterocycles. The van der Waals surface area contributed by atoms with E-state index in [1.165, 1.54) is 0 Å². The molecule has 2 aromatic heterocycles. The average molecular weight is 737 g/mol. The molecule has 6 rings (SSSR count). The third-order valence-electron chi connectivity index (χ3n) is 9.33. The van der Waals surface area contributed by atoms with Gasteiger partial charge in [-0.1, -0.05) is 39.8 Å². The summed E-state index contributed by atoms with van der Waals surface area (Å²) in [6, 6.07) is 3.27. The average Bonchev–Trinajstić information content (AvgIpc) is 3.08. The van der Waals surface area contributed by atoms with Crippen LogP contribution >= 0.6 is 0 Å². The maximum atomic E-state index is 13.8. The highest BCUT2D eigenvalue weighted by Crippen LogP contribution is 2.53. The largest absolute Gasteiger partial charge is 0.507 e. The summed E-state index contributed by atoms with van der Waals surface area (Å²) in [5, 5.41) is 52.0. The summed E-state index contributed by atoms with van der Waals surface area (Å²) in [4.78, 5) is 84.2. The van der Waals surface area contributed by atoms with E-state index in [9.17, 15) is 49.2 Å². The minimum atomic E-state index is -0.877. The van der Waals surface area contributed by atoms with Crippen LogP contribution in [0.15, 0.2) is 67.6 Å². The van der Waals surface area contributed by atoms with Crippen molar-refractivity contribution in [1.82, 2.24) is 19.9 Å². The fraction of sp³-hybridized carbons (Fsp3) is 0.211. The number of ketones is 2. The molecule has 0 atom stereocenters. The highest BCUT2D eigenvalue weighted by Gasteiger charge is 2.38. The van der Waals surface area contributed by atoms with Crippen LogP contribution in [0.1, 0.15) is 61.1 Å². The summed E-state index contributed by atoms with van der Waals surface area (Å²) in [6.07, 6.45) is 4.40. The number of hydrogen-bond donors (Lipinski definition) is 10. The number of aromatic hydroxyl groups is 2. The van der Waals surface area contributed by atoms with Crippen LogP contribution in [0.25, 0.3) is 33.4 Å². The van der Waals surface area contributed by atoms with Crippen LogP contribution in [0.2, 0.25) is 0 Å². The monoisotopic (exact) mass is 736 g/mol. The fourth-order valence-electron chi connectivity index (χ4n) is 6.96. The zero-order valence-electron chi connectivity index (χ0n) is 29.9. The Morgan fingerprint density at radius 1 is 0.574 bits per heavy atom. The third kappa shape index (κ3) is 5.92. The van der Waals surface area contributed by atoms with Crippen LogP contribution in [0.3, 0.4) is 0 Å². The lowest BCUT2D eigenvalue weighted by atomic mass is 9.75. The first-order valence-corrected chi connectivity index (χ1v) is 16.7. The van der Waals surface area contributed by atoms with Gasteiger partial charge in [0.25, 0.3) is 11.1 Å². The Morgan fingerprint density at radius 2 is 0.926 bits per heavy atom.